The second kappa shape index (κ2) is 6.67. The zero-order valence-electron chi connectivity index (χ0n) is 12.1. The minimum absolute atomic E-state index is 0.141. The number of aromatic nitrogens is 2. The number of nitrogens with zero attached hydrogens (tertiary/aromatic N) is 3. The first-order valence-corrected chi connectivity index (χ1v) is 6.92. The molecule has 0 amide bonds. The SMILES string of the molecule is Cc1ccccc1/C=N\OCc1nc(-c2ccccc2)no1. The summed E-state index contributed by atoms with van der Waals surface area (Å²) in [5, 5.41) is 7.85. The van der Waals surface area contributed by atoms with E-state index in [1.165, 1.54) is 0 Å². The smallest absolute Gasteiger partial charge is 0.267 e. The molecule has 0 spiro atoms. The van der Waals surface area contributed by atoms with Crippen LogP contribution >= 0.6 is 0 Å². The van der Waals surface area contributed by atoms with Gasteiger partial charge in [0, 0.05) is 5.56 Å². The zero-order chi connectivity index (χ0) is 15.2. The Balaban J connectivity index is 1.59. The van der Waals surface area contributed by atoms with Gasteiger partial charge in [-0.2, -0.15) is 4.98 Å². The van der Waals surface area contributed by atoms with E-state index in [4.69, 9.17) is 9.36 Å². The Bertz CT molecular complexity index is 766. The van der Waals surface area contributed by atoms with Gasteiger partial charge in [0.1, 0.15) is 0 Å². The predicted molar refractivity (Wildman–Crippen MR) is 83.3 cm³/mol. The van der Waals surface area contributed by atoms with Crippen molar-refractivity contribution in [1.82, 2.24) is 10.1 Å². The van der Waals surface area contributed by atoms with Crippen molar-refractivity contribution in [2.45, 2.75) is 13.5 Å². The fraction of sp³-hybridized carbons (Fsp3) is 0.118. The third kappa shape index (κ3) is 3.38. The van der Waals surface area contributed by atoms with Gasteiger partial charge in [-0.05, 0) is 18.1 Å². The van der Waals surface area contributed by atoms with Crippen LogP contribution in [0.3, 0.4) is 0 Å². The summed E-state index contributed by atoms with van der Waals surface area (Å²) in [6, 6.07) is 17.6. The number of oxime groups is 1. The van der Waals surface area contributed by atoms with Crippen molar-refractivity contribution in [3.05, 3.63) is 71.6 Å². The van der Waals surface area contributed by atoms with Crippen LogP contribution < -0.4 is 0 Å². The first kappa shape index (κ1) is 14.0. The lowest BCUT2D eigenvalue weighted by molar-refractivity contribution is 0.107. The van der Waals surface area contributed by atoms with Gasteiger partial charge in [-0.3, -0.25) is 0 Å². The van der Waals surface area contributed by atoms with Crippen LogP contribution in [0.1, 0.15) is 17.0 Å². The molecule has 0 bridgehead atoms. The molecule has 0 aliphatic heterocycles. The molecule has 0 aliphatic rings. The normalized spacial score (nSPS) is 11.0. The molecule has 0 atom stereocenters. The highest BCUT2D eigenvalue weighted by Gasteiger charge is 2.08. The summed E-state index contributed by atoms with van der Waals surface area (Å²) in [6.45, 7) is 2.16. The van der Waals surface area contributed by atoms with Crippen molar-refractivity contribution in [1.29, 1.82) is 0 Å². The fourth-order valence-corrected chi connectivity index (χ4v) is 1.94. The van der Waals surface area contributed by atoms with Crippen LogP contribution in [0.4, 0.5) is 0 Å². The van der Waals surface area contributed by atoms with Crippen LogP contribution in [0.25, 0.3) is 11.4 Å². The van der Waals surface area contributed by atoms with Gasteiger partial charge >= 0.3 is 0 Å². The molecule has 0 saturated heterocycles. The van der Waals surface area contributed by atoms with E-state index < -0.39 is 0 Å². The average molecular weight is 293 g/mol. The largest absolute Gasteiger partial charge is 0.386 e. The minimum Gasteiger partial charge on any atom is -0.386 e. The molecular formula is C17H15N3O2. The molecule has 0 N–H and O–H groups in total. The Morgan fingerprint density at radius 1 is 1.09 bits per heavy atom. The average Bonchev–Trinajstić information content (AvgIpc) is 3.03. The second-order valence-corrected chi connectivity index (χ2v) is 4.74. The summed E-state index contributed by atoms with van der Waals surface area (Å²) >= 11 is 0. The molecule has 1 aromatic heterocycles. The van der Waals surface area contributed by atoms with Crippen LogP contribution in [0.5, 0.6) is 0 Å². The Kier molecular flexibility index (Phi) is 4.25. The van der Waals surface area contributed by atoms with Crippen LogP contribution in [-0.2, 0) is 11.4 Å². The predicted octanol–water partition coefficient (Wildman–Crippen LogP) is 3.60. The quantitative estimate of drug-likeness (QED) is 0.532. The Morgan fingerprint density at radius 3 is 2.68 bits per heavy atom. The van der Waals surface area contributed by atoms with Crippen LogP contribution in [0, 0.1) is 6.92 Å². The molecule has 0 unspecified atom stereocenters. The number of rotatable bonds is 5. The fourth-order valence-electron chi connectivity index (χ4n) is 1.94. The number of hydrogen-bond acceptors (Lipinski definition) is 5. The standard InChI is InChI=1S/C17H15N3O2/c1-13-7-5-6-10-15(13)11-18-21-12-16-19-17(20-22-16)14-8-3-2-4-9-14/h2-11H,12H2,1H3/b18-11-. The van der Waals surface area contributed by atoms with Crippen LogP contribution in [-0.4, -0.2) is 16.4 Å². The number of aryl methyl sites for hydroxylation is 1. The lowest BCUT2D eigenvalue weighted by atomic mass is 10.1. The molecule has 1 heterocycles. The molecule has 5 nitrogen and oxygen atoms in total. The van der Waals surface area contributed by atoms with E-state index in [1.807, 2.05) is 61.5 Å². The molecule has 3 rings (SSSR count). The van der Waals surface area contributed by atoms with Gasteiger partial charge in [0.25, 0.3) is 5.89 Å². The summed E-state index contributed by atoms with van der Waals surface area (Å²) in [5.74, 6) is 0.933. The summed E-state index contributed by atoms with van der Waals surface area (Å²) in [4.78, 5) is 9.47. The molecule has 2 aromatic carbocycles. The van der Waals surface area contributed by atoms with Crippen LogP contribution in [0.15, 0.2) is 64.3 Å². The highest BCUT2D eigenvalue weighted by Crippen LogP contribution is 2.15. The molecule has 3 aromatic rings. The van der Waals surface area contributed by atoms with E-state index in [0.29, 0.717) is 11.7 Å². The highest BCUT2D eigenvalue weighted by molar-refractivity contribution is 5.81. The summed E-state index contributed by atoms with van der Waals surface area (Å²) in [6.07, 6.45) is 1.67. The van der Waals surface area contributed by atoms with E-state index in [9.17, 15) is 0 Å². The van der Waals surface area contributed by atoms with Crippen molar-refractivity contribution in [2.75, 3.05) is 0 Å². The van der Waals surface area contributed by atoms with Crippen molar-refractivity contribution < 1.29 is 9.36 Å². The summed E-state index contributed by atoms with van der Waals surface area (Å²) < 4.78 is 5.14. The lowest BCUT2D eigenvalue weighted by Gasteiger charge is -1.97. The molecule has 0 saturated carbocycles. The van der Waals surface area contributed by atoms with Gasteiger partial charge in [0.15, 0.2) is 6.61 Å². The molecule has 0 fully saturated rings. The van der Waals surface area contributed by atoms with Crippen molar-refractivity contribution in [3.8, 4) is 11.4 Å². The Labute approximate surface area is 128 Å². The van der Waals surface area contributed by atoms with Gasteiger partial charge in [-0.1, -0.05) is 64.9 Å². The van der Waals surface area contributed by atoms with Gasteiger partial charge in [-0.15, -0.1) is 0 Å². The van der Waals surface area contributed by atoms with E-state index in [-0.39, 0.29) is 6.61 Å². The van der Waals surface area contributed by atoms with Crippen molar-refractivity contribution >= 4 is 6.21 Å². The van der Waals surface area contributed by atoms with E-state index >= 15 is 0 Å². The second-order valence-electron chi connectivity index (χ2n) is 4.74. The molecule has 0 radical (unpaired) electrons. The van der Waals surface area contributed by atoms with Crippen molar-refractivity contribution in [2.24, 2.45) is 5.16 Å². The molecule has 110 valence electrons. The number of benzene rings is 2. The molecule has 22 heavy (non-hydrogen) atoms. The summed E-state index contributed by atoms with van der Waals surface area (Å²) in [5.41, 5.74) is 3.05. The third-order valence-corrected chi connectivity index (χ3v) is 3.14. The first-order valence-electron chi connectivity index (χ1n) is 6.92. The van der Waals surface area contributed by atoms with E-state index in [0.717, 1.165) is 16.7 Å². The molecule has 0 aliphatic carbocycles. The molecule has 5 heteroatoms. The van der Waals surface area contributed by atoms with Gasteiger partial charge < -0.3 is 9.36 Å². The van der Waals surface area contributed by atoms with Gasteiger partial charge in [-0.25, -0.2) is 0 Å². The Hall–Kier alpha value is -2.95. The molecular weight excluding hydrogens is 278 g/mol. The van der Waals surface area contributed by atoms with Crippen molar-refractivity contribution in [3.63, 3.8) is 0 Å². The van der Waals surface area contributed by atoms with Crippen LogP contribution in [0.2, 0.25) is 0 Å². The maximum atomic E-state index is 5.20. The van der Waals surface area contributed by atoms with Gasteiger partial charge in [0.2, 0.25) is 5.82 Å². The monoisotopic (exact) mass is 293 g/mol. The zero-order valence-corrected chi connectivity index (χ0v) is 12.1. The maximum Gasteiger partial charge on any atom is 0.267 e. The lowest BCUT2D eigenvalue weighted by Crippen LogP contribution is -1.90. The first-order chi connectivity index (χ1) is 10.8. The Morgan fingerprint density at radius 2 is 1.86 bits per heavy atom. The summed E-state index contributed by atoms with van der Waals surface area (Å²) in [7, 11) is 0. The number of hydrogen-bond donors (Lipinski definition) is 0. The highest BCUT2D eigenvalue weighted by atomic mass is 16.6. The van der Waals surface area contributed by atoms with E-state index in [1.54, 1.807) is 6.21 Å². The van der Waals surface area contributed by atoms with Gasteiger partial charge in [0.05, 0.1) is 6.21 Å². The topological polar surface area (TPSA) is 60.5 Å². The third-order valence-electron chi connectivity index (χ3n) is 3.14. The van der Waals surface area contributed by atoms with E-state index in [2.05, 4.69) is 15.3 Å². The maximum absolute atomic E-state index is 5.20. The minimum atomic E-state index is 0.141.